The van der Waals surface area contributed by atoms with Crippen LogP contribution in [0.1, 0.15) is 18.0 Å². The molecule has 4 heteroatoms. The average molecular weight is 196 g/mol. The lowest BCUT2D eigenvalue weighted by Gasteiger charge is -2.07. The summed E-state index contributed by atoms with van der Waals surface area (Å²) in [5.74, 6) is -0.116. The minimum atomic E-state index is -0.298. The van der Waals surface area contributed by atoms with Crippen LogP contribution < -0.4 is 5.73 Å². The molecule has 0 aliphatic rings. The van der Waals surface area contributed by atoms with E-state index in [4.69, 9.17) is 0 Å². The number of quaternary nitrogens is 1. The van der Waals surface area contributed by atoms with Crippen molar-refractivity contribution in [3.05, 3.63) is 29.8 Å². The highest BCUT2D eigenvalue weighted by atomic mass is 16.5. The van der Waals surface area contributed by atoms with E-state index in [1.807, 2.05) is 6.07 Å². The monoisotopic (exact) mass is 196 g/mol. The quantitative estimate of drug-likeness (QED) is 0.680. The van der Waals surface area contributed by atoms with Crippen molar-refractivity contribution in [1.29, 1.82) is 0 Å². The summed E-state index contributed by atoms with van der Waals surface area (Å²) >= 11 is 0. The molecular formula is C10H14NO3+. The molecule has 0 aliphatic carbocycles. The first-order chi connectivity index (χ1) is 6.63. The molecular weight excluding hydrogens is 182 g/mol. The summed E-state index contributed by atoms with van der Waals surface area (Å²) in [5, 5.41) is 9.21. The smallest absolute Gasteiger partial charge is 0.311 e. The molecule has 0 bridgehead atoms. The first-order valence-corrected chi connectivity index (χ1v) is 4.32. The summed E-state index contributed by atoms with van der Waals surface area (Å²) in [7, 11) is 1.34. The molecule has 0 amide bonds. The molecule has 0 saturated heterocycles. The van der Waals surface area contributed by atoms with Gasteiger partial charge in [0.05, 0.1) is 7.11 Å². The van der Waals surface area contributed by atoms with Crippen molar-refractivity contribution in [2.75, 3.05) is 7.11 Å². The zero-order chi connectivity index (χ0) is 10.6. The number of hydrogen-bond acceptors (Lipinski definition) is 3. The molecule has 1 aromatic rings. The Morgan fingerprint density at radius 1 is 1.64 bits per heavy atom. The fraction of sp³-hybridized carbons (Fsp3) is 0.300. The SMILES string of the molecule is COC(=O)C[C@H]([NH3+])c1cccc(O)c1. The van der Waals surface area contributed by atoms with Crippen LogP contribution in [0.5, 0.6) is 5.75 Å². The number of benzene rings is 1. The Morgan fingerprint density at radius 3 is 2.93 bits per heavy atom. The highest BCUT2D eigenvalue weighted by Crippen LogP contribution is 2.17. The molecule has 76 valence electrons. The Bertz CT molecular complexity index is 325. The van der Waals surface area contributed by atoms with Crippen molar-refractivity contribution >= 4 is 5.97 Å². The molecule has 0 radical (unpaired) electrons. The van der Waals surface area contributed by atoms with E-state index in [1.165, 1.54) is 7.11 Å². The van der Waals surface area contributed by atoms with Crippen LogP contribution in [-0.4, -0.2) is 18.2 Å². The Hall–Kier alpha value is -1.55. The van der Waals surface area contributed by atoms with Crippen LogP contribution in [-0.2, 0) is 9.53 Å². The van der Waals surface area contributed by atoms with E-state index in [0.29, 0.717) is 0 Å². The standard InChI is InChI=1S/C10H13NO3/c1-14-10(13)6-9(11)7-3-2-4-8(12)5-7/h2-5,9,12H,6,11H2,1H3/p+1/t9-/m0/s1. The van der Waals surface area contributed by atoms with Gasteiger partial charge in [-0.1, -0.05) is 12.1 Å². The van der Waals surface area contributed by atoms with Crippen LogP contribution >= 0.6 is 0 Å². The van der Waals surface area contributed by atoms with Crippen molar-refractivity contribution in [2.45, 2.75) is 12.5 Å². The topological polar surface area (TPSA) is 74.2 Å². The van der Waals surface area contributed by atoms with Crippen molar-refractivity contribution < 1.29 is 20.4 Å². The van der Waals surface area contributed by atoms with E-state index in [1.54, 1.807) is 18.2 Å². The summed E-state index contributed by atoms with van der Waals surface area (Å²) < 4.78 is 4.53. The summed E-state index contributed by atoms with van der Waals surface area (Å²) in [6, 6.07) is 6.53. The Morgan fingerprint density at radius 2 is 2.36 bits per heavy atom. The minimum absolute atomic E-state index is 0.181. The minimum Gasteiger partial charge on any atom is -0.508 e. The second-order valence-corrected chi connectivity index (χ2v) is 3.07. The Labute approximate surface area is 82.3 Å². The molecule has 4 N–H and O–H groups in total. The fourth-order valence-electron chi connectivity index (χ4n) is 1.18. The van der Waals surface area contributed by atoms with Crippen molar-refractivity contribution in [2.24, 2.45) is 0 Å². The van der Waals surface area contributed by atoms with Crippen molar-refractivity contribution in [3.8, 4) is 5.75 Å². The first-order valence-electron chi connectivity index (χ1n) is 4.32. The summed E-state index contributed by atoms with van der Waals surface area (Å²) in [4.78, 5) is 11.0. The van der Waals surface area contributed by atoms with Crippen LogP contribution in [0.25, 0.3) is 0 Å². The van der Waals surface area contributed by atoms with Gasteiger partial charge >= 0.3 is 5.97 Å². The van der Waals surface area contributed by atoms with Crippen molar-refractivity contribution in [3.63, 3.8) is 0 Å². The number of ether oxygens (including phenoxy) is 1. The predicted molar refractivity (Wildman–Crippen MR) is 50.4 cm³/mol. The molecule has 14 heavy (non-hydrogen) atoms. The number of esters is 1. The third-order valence-corrected chi connectivity index (χ3v) is 1.98. The molecule has 0 aromatic heterocycles. The van der Waals surface area contributed by atoms with Crippen LogP contribution in [0, 0.1) is 0 Å². The first kappa shape index (κ1) is 10.5. The summed E-state index contributed by atoms with van der Waals surface area (Å²) in [5.41, 5.74) is 4.65. The third kappa shape index (κ3) is 2.74. The molecule has 0 spiro atoms. The van der Waals surface area contributed by atoms with Crippen LogP contribution in [0.3, 0.4) is 0 Å². The highest BCUT2D eigenvalue weighted by Gasteiger charge is 2.15. The second kappa shape index (κ2) is 4.62. The van der Waals surface area contributed by atoms with Gasteiger partial charge in [-0.2, -0.15) is 0 Å². The van der Waals surface area contributed by atoms with E-state index in [9.17, 15) is 9.90 Å². The maximum Gasteiger partial charge on any atom is 0.311 e. The molecule has 0 heterocycles. The van der Waals surface area contributed by atoms with Crippen molar-refractivity contribution in [1.82, 2.24) is 0 Å². The number of rotatable bonds is 3. The van der Waals surface area contributed by atoms with Gasteiger partial charge in [0.2, 0.25) is 0 Å². The zero-order valence-corrected chi connectivity index (χ0v) is 8.06. The number of aromatic hydroxyl groups is 1. The van der Waals surface area contributed by atoms with E-state index in [0.717, 1.165) is 5.56 Å². The third-order valence-electron chi connectivity index (χ3n) is 1.98. The van der Waals surface area contributed by atoms with Gasteiger partial charge in [0.15, 0.2) is 0 Å². The molecule has 0 fully saturated rings. The van der Waals surface area contributed by atoms with Crippen LogP contribution in [0.2, 0.25) is 0 Å². The van der Waals surface area contributed by atoms with E-state index in [2.05, 4.69) is 10.5 Å². The van der Waals surface area contributed by atoms with Gasteiger partial charge in [0.1, 0.15) is 18.2 Å². The normalized spacial score (nSPS) is 12.1. The van der Waals surface area contributed by atoms with Gasteiger partial charge in [0.25, 0.3) is 0 Å². The average Bonchev–Trinajstić information content (AvgIpc) is 2.17. The molecule has 4 nitrogen and oxygen atoms in total. The Kier molecular flexibility index (Phi) is 3.48. The van der Waals surface area contributed by atoms with Gasteiger partial charge in [-0.15, -0.1) is 0 Å². The highest BCUT2D eigenvalue weighted by molar-refractivity contribution is 5.70. The molecule has 0 aliphatic heterocycles. The van der Waals surface area contributed by atoms with E-state index >= 15 is 0 Å². The maximum atomic E-state index is 11.0. The number of carbonyl (C=O) groups is 1. The lowest BCUT2D eigenvalue weighted by Crippen LogP contribution is -2.54. The van der Waals surface area contributed by atoms with Crippen LogP contribution in [0.4, 0.5) is 0 Å². The number of phenolic OH excluding ortho intramolecular Hbond substituents is 1. The molecule has 0 unspecified atom stereocenters. The predicted octanol–water partition coefficient (Wildman–Crippen LogP) is 0.238. The molecule has 0 saturated carbocycles. The molecule has 1 atom stereocenters. The van der Waals surface area contributed by atoms with E-state index in [-0.39, 0.29) is 24.2 Å². The van der Waals surface area contributed by atoms with Gasteiger partial charge in [-0.3, -0.25) is 4.79 Å². The van der Waals surface area contributed by atoms with Gasteiger partial charge in [-0.25, -0.2) is 0 Å². The zero-order valence-electron chi connectivity index (χ0n) is 8.06. The lowest BCUT2D eigenvalue weighted by atomic mass is 10.0. The number of methoxy groups -OCH3 is 1. The summed E-state index contributed by atoms with van der Waals surface area (Å²) in [6.07, 6.45) is 0.222. The second-order valence-electron chi connectivity index (χ2n) is 3.07. The van der Waals surface area contributed by atoms with Gasteiger partial charge < -0.3 is 15.6 Å². The van der Waals surface area contributed by atoms with Gasteiger partial charge in [0, 0.05) is 5.56 Å². The van der Waals surface area contributed by atoms with Gasteiger partial charge in [-0.05, 0) is 12.1 Å². The molecule has 1 aromatic carbocycles. The lowest BCUT2D eigenvalue weighted by molar-refractivity contribution is -0.425. The van der Waals surface area contributed by atoms with E-state index < -0.39 is 0 Å². The fourth-order valence-corrected chi connectivity index (χ4v) is 1.18. The maximum absolute atomic E-state index is 11.0. The molecule has 1 rings (SSSR count). The Balaban J connectivity index is 2.69. The number of phenols is 1. The number of hydrogen-bond donors (Lipinski definition) is 2. The summed E-state index contributed by atoms with van der Waals surface area (Å²) in [6.45, 7) is 0. The number of carbonyl (C=O) groups excluding carboxylic acids is 1. The van der Waals surface area contributed by atoms with Crippen LogP contribution in [0.15, 0.2) is 24.3 Å². The largest absolute Gasteiger partial charge is 0.508 e.